The van der Waals surface area contributed by atoms with Crippen molar-refractivity contribution >= 4 is 23.9 Å². The van der Waals surface area contributed by atoms with Crippen molar-refractivity contribution in [2.75, 3.05) is 13.7 Å². The van der Waals surface area contributed by atoms with Crippen molar-refractivity contribution in [3.05, 3.63) is 42.0 Å². The topological polar surface area (TPSA) is 132 Å². The number of hydrogen-bond donors (Lipinski definition) is 3. The number of esters is 1. The molecule has 0 spiro atoms. The first kappa shape index (κ1) is 30.7. The number of nitrogens with one attached hydrogen (secondary N) is 3. The number of ether oxygens (including phenoxy) is 3. The summed E-state index contributed by atoms with van der Waals surface area (Å²) in [6, 6.07) is 4.39. The number of fused-ring (bicyclic) bond motifs is 14. The molecule has 0 fully saturated rings. The molecule has 3 N–H and O–H groups in total. The summed E-state index contributed by atoms with van der Waals surface area (Å²) >= 11 is 0. The van der Waals surface area contributed by atoms with E-state index in [9.17, 15) is 19.2 Å². The van der Waals surface area contributed by atoms with E-state index in [0.717, 1.165) is 5.56 Å². The second-order valence-corrected chi connectivity index (χ2v) is 10.7. The van der Waals surface area contributed by atoms with Crippen molar-refractivity contribution < 1.29 is 33.4 Å². The summed E-state index contributed by atoms with van der Waals surface area (Å²) in [6.45, 7) is 9.36. The van der Waals surface area contributed by atoms with Gasteiger partial charge in [0.1, 0.15) is 36.1 Å². The van der Waals surface area contributed by atoms with Crippen LogP contribution in [0.15, 0.2) is 36.4 Å². The van der Waals surface area contributed by atoms with Crippen LogP contribution in [0.4, 0.5) is 4.79 Å². The average molecular weight is 532 g/mol. The predicted molar refractivity (Wildman–Crippen MR) is 143 cm³/mol. The number of allylic oxidation sites excluding steroid dienone is 1. The number of rotatable bonds is 4. The van der Waals surface area contributed by atoms with Crippen molar-refractivity contribution in [2.24, 2.45) is 5.92 Å². The van der Waals surface area contributed by atoms with Crippen molar-refractivity contribution in [1.82, 2.24) is 16.0 Å². The van der Waals surface area contributed by atoms with Gasteiger partial charge in [0.05, 0.1) is 7.11 Å². The fraction of sp³-hybridized carbons (Fsp3) is 0.571. The van der Waals surface area contributed by atoms with Gasteiger partial charge in [-0.05, 0) is 63.6 Å². The lowest BCUT2D eigenvalue weighted by Gasteiger charge is -2.27. The quantitative estimate of drug-likeness (QED) is 0.402. The van der Waals surface area contributed by atoms with Gasteiger partial charge in [-0.15, -0.1) is 0 Å². The SMILES string of the molecule is COC(=O)[C@@H]1CCC=CCOc2ccc(cc2)C[C@H](NC(=O)OC(C)(C)C)C(=O)N[C@@H](CC(C)C)C(=O)N1. The highest BCUT2D eigenvalue weighted by atomic mass is 16.6. The first-order valence-corrected chi connectivity index (χ1v) is 12.9. The molecule has 10 heteroatoms. The van der Waals surface area contributed by atoms with Crippen molar-refractivity contribution in [3.63, 3.8) is 0 Å². The molecule has 3 amide bonds. The zero-order chi connectivity index (χ0) is 28.3. The summed E-state index contributed by atoms with van der Waals surface area (Å²) in [6.07, 6.45) is 4.28. The Balaban J connectivity index is 2.38. The summed E-state index contributed by atoms with van der Waals surface area (Å²) < 4.78 is 16.0. The third-order valence-electron chi connectivity index (χ3n) is 5.65. The van der Waals surface area contributed by atoms with Gasteiger partial charge in [-0.3, -0.25) is 9.59 Å². The summed E-state index contributed by atoms with van der Waals surface area (Å²) in [7, 11) is 1.26. The highest BCUT2D eigenvalue weighted by Gasteiger charge is 2.31. The van der Waals surface area contributed by atoms with Crippen LogP contribution in [0, 0.1) is 5.92 Å². The van der Waals surface area contributed by atoms with E-state index in [4.69, 9.17) is 14.2 Å². The van der Waals surface area contributed by atoms with Gasteiger partial charge in [0.15, 0.2) is 0 Å². The number of amides is 3. The molecular weight excluding hydrogens is 490 g/mol. The van der Waals surface area contributed by atoms with E-state index in [2.05, 4.69) is 16.0 Å². The van der Waals surface area contributed by atoms with Crippen LogP contribution in [0.1, 0.15) is 59.4 Å². The predicted octanol–water partition coefficient (Wildman–Crippen LogP) is 3.04. The monoisotopic (exact) mass is 531 g/mol. The van der Waals surface area contributed by atoms with E-state index in [1.165, 1.54) is 7.11 Å². The number of carbonyl (C=O) groups excluding carboxylic acids is 4. The van der Waals surface area contributed by atoms with Gasteiger partial charge in [-0.2, -0.15) is 0 Å². The molecule has 2 aliphatic heterocycles. The Morgan fingerprint density at radius 1 is 1.08 bits per heavy atom. The number of hydrogen-bond acceptors (Lipinski definition) is 7. The molecule has 3 atom stereocenters. The lowest BCUT2D eigenvalue weighted by atomic mass is 10.0. The van der Waals surface area contributed by atoms with E-state index < -0.39 is 47.6 Å². The Hall–Kier alpha value is -3.56. The van der Waals surface area contributed by atoms with Crippen LogP contribution >= 0.6 is 0 Å². The minimum atomic E-state index is -1.02. The van der Waals surface area contributed by atoms with Crippen molar-refractivity contribution in [2.45, 2.75) is 84.0 Å². The molecule has 2 bridgehead atoms. The first-order valence-electron chi connectivity index (χ1n) is 12.9. The normalized spacial score (nSPS) is 21.4. The Morgan fingerprint density at radius 2 is 1.76 bits per heavy atom. The highest BCUT2D eigenvalue weighted by molar-refractivity contribution is 5.93. The number of alkyl carbamates (subject to hydrolysis) is 1. The Labute approximate surface area is 224 Å². The molecule has 0 radical (unpaired) electrons. The second-order valence-electron chi connectivity index (χ2n) is 10.7. The van der Waals surface area contributed by atoms with Crippen LogP contribution in [0.3, 0.4) is 0 Å². The van der Waals surface area contributed by atoms with Gasteiger partial charge < -0.3 is 30.2 Å². The van der Waals surface area contributed by atoms with E-state index in [1.54, 1.807) is 32.9 Å². The van der Waals surface area contributed by atoms with Crippen LogP contribution in [0.2, 0.25) is 0 Å². The van der Waals surface area contributed by atoms with Gasteiger partial charge in [0.25, 0.3) is 0 Å². The third-order valence-corrected chi connectivity index (χ3v) is 5.65. The molecule has 2 heterocycles. The lowest BCUT2D eigenvalue weighted by molar-refractivity contribution is -0.145. The molecule has 0 aromatic heterocycles. The van der Waals surface area contributed by atoms with Gasteiger partial charge in [-0.1, -0.05) is 38.1 Å². The zero-order valence-electron chi connectivity index (χ0n) is 23.2. The molecule has 210 valence electrons. The van der Waals surface area contributed by atoms with Crippen molar-refractivity contribution in [3.8, 4) is 5.75 Å². The van der Waals surface area contributed by atoms with Gasteiger partial charge in [0, 0.05) is 6.42 Å². The molecule has 0 saturated carbocycles. The molecule has 1 aromatic rings. The average Bonchev–Trinajstić information content (AvgIpc) is 2.82. The van der Waals surface area contributed by atoms with Crippen LogP contribution < -0.4 is 20.7 Å². The number of methoxy groups -OCH3 is 1. The molecule has 0 aliphatic carbocycles. The Bertz CT molecular complexity index is 983. The molecule has 0 saturated heterocycles. The van der Waals surface area contributed by atoms with E-state index in [-0.39, 0.29) is 12.3 Å². The molecule has 10 nitrogen and oxygen atoms in total. The first-order chi connectivity index (χ1) is 17.9. The molecule has 1 aromatic carbocycles. The number of benzene rings is 1. The van der Waals surface area contributed by atoms with E-state index >= 15 is 0 Å². The maximum Gasteiger partial charge on any atom is 0.408 e. The maximum atomic E-state index is 13.4. The van der Waals surface area contributed by atoms with Crippen LogP contribution in [0.5, 0.6) is 5.75 Å². The summed E-state index contributed by atoms with van der Waals surface area (Å²) in [4.78, 5) is 51.6. The standard InChI is InChI=1S/C28H41N3O7/c1-18(2)16-22-24(32)29-21(26(34)36-6)10-8-7-9-15-37-20-13-11-19(12-14-20)17-23(25(33)30-22)31-27(35)38-28(3,4)5/h7,9,11-14,18,21-23H,8,10,15-17H2,1-6H3,(H,29,32)(H,30,33)(H,31,35)/t21-,22-,23-/m0/s1. The van der Waals surface area contributed by atoms with Crippen molar-refractivity contribution in [1.29, 1.82) is 0 Å². The zero-order valence-corrected chi connectivity index (χ0v) is 23.2. The van der Waals surface area contributed by atoms with E-state index in [0.29, 0.717) is 31.6 Å². The smallest absolute Gasteiger partial charge is 0.408 e. The van der Waals surface area contributed by atoms with Gasteiger partial charge in [-0.25, -0.2) is 9.59 Å². The summed E-state index contributed by atoms with van der Waals surface area (Å²) in [5.74, 6) is -0.909. The Morgan fingerprint density at radius 3 is 2.37 bits per heavy atom. The van der Waals surface area contributed by atoms with Crippen LogP contribution in [-0.2, 0) is 30.3 Å². The van der Waals surface area contributed by atoms with Crippen LogP contribution in [0.25, 0.3) is 0 Å². The minimum absolute atomic E-state index is 0.0632. The molecule has 38 heavy (non-hydrogen) atoms. The fourth-order valence-corrected chi connectivity index (χ4v) is 3.85. The maximum absolute atomic E-state index is 13.4. The Kier molecular flexibility index (Phi) is 11.6. The third kappa shape index (κ3) is 10.8. The second kappa shape index (κ2) is 14.4. The van der Waals surface area contributed by atoms with Gasteiger partial charge in [0.2, 0.25) is 11.8 Å². The minimum Gasteiger partial charge on any atom is -0.490 e. The lowest BCUT2D eigenvalue weighted by Crippen LogP contribution is -2.56. The molecule has 2 aliphatic rings. The summed E-state index contributed by atoms with van der Waals surface area (Å²) in [5.41, 5.74) is 0.0211. The molecule has 3 rings (SSSR count). The molecule has 0 unspecified atom stereocenters. The molecular formula is C28H41N3O7. The van der Waals surface area contributed by atoms with Gasteiger partial charge >= 0.3 is 12.1 Å². The largest absolute Gasteiger partial charge is 0.490 e. The van der Waals surface area contributed by atoms with Crippen LogP contribution in [-0.4, -0.2) is 61.3 Å². The summed E-state index contributed by atoms with van der Waals surface area (Å²) in [5, 5.41) is 8.14. The van der Waals surface area contributed by atoms with E-state index in [1.807, 2.05) is 38.1 Å². The fourth-order valence-electron chi connectivity index (χ4n) is 3.85. The highest BCUT2D eigenvalue weighted by Crippen LogP contribution is 2.16. The number of carbonyl (C=O) groups is 4.